The number of aliphatic imine (C=N–C) groups is 1. The van der Waals surface area contributed by atoms with Crippen molar-refractivity contribution < 1.29 is 20.5 Å². The highest BCUT2D eigenvalue weighted by atomic mass is 16.5. The fraction of sp³-hybridized carbons (Fsp3) is 0.600. The van der Waals surface area contributed by atoms with Crippen molar-refractivity contribution in [1.82, 2.24) is 10.3 Å². The second-order valence-electron chi connectivity index (χ2n) is 14.9. The Bertz CT molecular complexity index is 1460. The molecule has 6 rings (SSSR count). The van der Waals surface area contributed by atoms with Crippen LogP contribution in [-0.4, -0.2) is 56.0 Å². The summed E-state index contributed by atoms with van der Waals surface area (Å²) in [6.07, 6.45) is 17.3. The molecular formula is C40H61N5O4. The Kier molecular flexibility index (Phi) is 13.3. The Morgan fingerprint density at radius 2 is 1.71 bits per heavy atom. The second-order valence-corrected chi connectivity index (χ2v) is 14.9. The van der Waals surface area contributed by atoms with E-state index in [1.54, 1.807) is 13.3 Å². The molecule has 2 aromatic rings. The molecule has 0 atom stereocenters. The minimum Gasteiger partial charge on any atom is -0.496 e. The van der Waals surface area contributed by atoms with Crippen LogP contribution in [0.2, 0.25) is 0 Å². The molecule has 4 saturated carbocycles. The van der Waals surface area contributed by atoms with E-state index >= 15 is 0 Å². The number of allylic oxidation sites excluding steroid dienone is 1. The van der Waals surface area contributed by atoms with Crippen molar-refractivity contribution in [2.24, 2.45) is 22.1 Å². The summed E-state index contributed by atoms with van der Waals surface area (Å²) in [5.41, 5.74) is 10.9. The average molecular weight is 676 g/mol. The summed E-state index contributed by atoms with van der Waals surface area (Å²) in [5, 5.41) is 2.53. The van der Waals surface area contributed by atoms with Gasteiger partial charge in [-0.2, -0.15) is 0 Å². The predicted molar refractivity (Wildman–Crippen MR) is 201 cm³/mol. The maximum atomic E-state index is 14.2. The summed E-state index contributed by atoms with van der Waals surface area (Å²) in [6, 6.07) is 11.1. The number of hydrogen-bond donors (Lipinski definition) is 2. The minimum atomic E-state index is -0.375. The van der Waals surface area contributed by atoms with Crippen molar-refractivity contribution in [1.29, 1.82) is 0 Å². The van der Waals surface area contributed by atoms with Crippen LogP contribution in [0.3, 0.4) is 0 Å². The molecule has 4 fully saturated rings. The number of benzene rings is 1. The number of aromatic nitrogens is 1. The number of hydrogen-bond acceptors (Lipinski definition) is 7. The first-order chi connectivity index (χ1) is 23.4. The lowest BCUT2D eigenvalue weighted by molar-refractivity contribution is -0.124. The van der Waals surface area contributed by atoms with E-state index < -0.39 is 0 Å². The maximum absolute atomic E-state index is 14.2. The molecule has 0 spiro atoms. The molecule has 1 heterocycles. The molecule has 9 nitrogen and oxygen atoms in total. The monoisotopic (exact) mass is 675 g/mol. The first kappa shape index (κ1) is 37.9. The van der Waals surface area contributed by atoms with Crippen LogP contribution in [0, 0.1) is 18.3 Å². The van der Waals surface area contributed by atoms with Gasteiger partial charge in [-0.3, -0.25) is 14.7 Å². The van der Waals surface area contributed by atoms with Gasteiger partial charge in [-0.1, -0.05) is 31.4 Å². The molecule has 0 saturated heterocycles. The van der Waals surface area contributed by atoms with Crippen molar-refractivity contribution in [3.8, 4) is 5.75 Å². The highest BCUT2D eigenvalue weighted by molar-refractivity contribution is 6.10. The van der Waals surface area contributed by atoms with Gasteiger partial charge in [-0.15, -0.1) is 0 Å². The molecule has 1 aromatic heterocycles. The minimum absolute atomic E-state index is 0. The van der Waals surface area contributed by atoms with E-state index in [0.717, 1.165) is 74.2 Å². The number of nitrogens with two attached hydrogens (primary N) is 1. The molecule has 270 valence electrons. The molecule has 49 heavy (non-hydrogen) atoms. The summed E-state index contributed by atoms with van der Waals surface area (Å²) < 4.78 is 9.84. The second kappa shape index (κ2) is 17.2. The Hall–Kier alpha value is -3.88. The largest absolute Gasteiger partial charge is 0.496 e. The van der Waals surface area contributed by atoms with Crippen LogP contribution in [0.4, 0.5) is 10.6 Å². The van der Waals surface area contributed by atoms with Crippen LogP contribution in [0.5, 0.6) is 5.75 Å². The zero-order valence-electron chi connectivity index (χ0n) is 30.9. The van der Waals surface area contributed by atoms with Gasteiger partial charge in [0.25, 0.3) is 0 Å². The topological polar surface area (TPSA) is 119 Å². The fourth-order valence-electron chi connectivity index (χ4n) is 7.80. The van der Waals surface area contributed by atoms with Gasteiger partial charge in [-0.25, -0.2) is 9.78 Å². The number of fused-ring (bicyclic) bond motifs is 3. The number of carbonyl (C=O) groups excluding carboxylic acids is 2. The van der Waals surface area contributed by atoms with Crippen LogP contribution < -0.4 is 20.7 Å². The van der Waals surface area contributed by atoms with E-state index in [4.69, 9.17) is 15.5 Å². The average Bonchev–Trinajstić information content (AvgIpc) is 3.11. The van der Waals surface area contributed by atoms with E-state index in [2.05, 4.69) is 45.1 Å². The molecule has 4 aliphatic rings. The third-order valence-electron chi connectivity index (χ3n) is 10.8. The highest BCUT2D eigenvalue weighted by Gasteiger charge is 2.50. The number of nitrogens with one attached hydrogen (secondary N) is 1. The van der Waals surface area contributed by atoms with Gasteiger partial charge in [0.05, 0.1) is 14.2 Å². The van der Waals surface area contributed by atoms with E-state index in [0.29, 0.717) is 0 Å². The Morgan fingerprint density at radius 1 is 1.04 bits per heavy atom. The van der Waals surface area contributed by atoms with Crippen molar-refractivity contribution in [2.45, 2.75) is 123 Å². The van der Waals surface area contributed by atoms with Gasteiger partial charge in [0.1, 0.15) is 11.6 Å². The highest BCUT2D eigenvalue weighted by Crippen LogP contribution is 2.58. The van der Waals surface area contributed by atoms with Gasteiger partial charge >= 0.3 is 6.09 Å². The van der Waals surface area contributed by atoms with Crippen molar-refractivity contribution in [3.63, 3.8) is 0 Å². The van der Waals surface area contributed by atoms with Gasteiger partial charge in [0, 0.05) is 50.2 Å². The zero-order valence-corrected chi connectivity index (χ0v) is 30.9. The summed E-state index contributed by atoms with van der Waals surface area (Å²) in [7, 11) is 3.09. The summed E-state index contributed by atoms with van der Waals surface area (Å²) in [6.45, 7) is 10.7. The standard InChI is InChI=1S/C35H48N4O2.C5H11NO2.H2/c1-25(2)38-23-29(22-36)28-12-19-37-32(21-28)39(33(40)27-8-6-5-7-9-27)24-34-13-16-35(17-14-34,18-15-34)30-10-11-31(41-4)26(3)20-30;1-4(2)6-5(7)8-3;/h10-12,19-23,25,27H,5-9,13-18,24,36H2,1-4H3;4H,1-3H3,(H,6,7);1H/b29-22+,38-23?;;. The smallest absolute Gasteiger partial charge is 0.407 e. The van der Waals surface area contributed by atoms with Crippen LogP contribution in [0.1, 0.15) is 116 Å². The van der Waals surface area contributed by atoms with Crippen molar-refractivity contribution in [3.05, 3.63) is 59.4 Å². The number of rotatable bonds is 10. The molecule has 3 N–H and O–H groups in total. The summed E-state index contributed by atoms with van der Waals surface area (Å²) in [4.78, 5) is 35.9. The van der Waals surface area contributed by atoms with Gasteiger partial charge in [0.15, 0.2) is 0 Å². The SMILES string of the molecule is COC(=O)NC(C)C.COc1ccc(C23CCC(CN(C(=O)C4CCCCC4)c4cc(/C(C=NC(C)C)=C/N)ccn4)(CC2)CC3)cc1C.[HH]. The van der Waals surface area contributed by atoms with E-state index in [1.807, 2.05) is 52.2 Å². The van der Waals surface area contributed by atoms with Crippen LogP contribution in [0.15, 0.2) is 47.7 Å². The third kappa shape index (κ3) is 9.64. The Labute approximate surface area is 295 Å². The molecule has 2 bridgehead atoms. The predicted octanol–water partition coefficient (Wildman–Crippen LogP) is 8.38. The van der Waals surface area contributed by atoms with Crippen LogP contribution in [0.25, 0.3) is 5.57 Å². The van der Waals surface area contributed by atoms with Gasteiger partial charge in [-0.05, 0) is 132 Å². The van der Waals surface area contributed by atoms with Crippen molar-refractivity contribution in [2.75, 3.05) is 25.7 Å². The number of alkyl carbamates (subject to hydrolysis) is 1. The first-order valence-corrected chi connectivity index (χ1v) is 18.2. The van der Waals surface area contributed by atoms with E-state index in [1.165, 1.54) is 43.9 Å². The lowest BCUT2D eigenvalue weighted by Crippen LogP contribution is -2.51. The van der Waals surface area contributed by atoms with Crippen molar-refractivity contribution >= 4 is 29.6 Å². The molecular weight excluding hydrogens is 614 g/mol. The Morgan fingerprint density at radius 3 is 2.24 bits per heavy atom. The maximum Gasteiger partial charge on any atom is 0.407 e. The molecule has 0 unspecified atom stereocenters. The zero-order chi connectivity index (χ0) is 35.6. The quantitative estimate of drug-likeness (QED) is 0.244. The molecule has 0 aliphatic heterocycles. The molecule has 9 heteroatoms. The first-order valence-electron chi connectivity index (χ1n) is 18.2. The number of amides is 2. The van der Waals surface area contributed by atoms with Crippen LogP contribution >= 0.6 is 0 Å². The number of nitrogens with zero attached hydrogens (tertiary/aromatic N) is 3. The van der Waals surface area contributed by atoms with Gasteiger partial charge < -0.3 is 20.5 Å². The molecule has 2 amide bonds. The summed E-state index contributed by atoms with van der Waals surface area (Å²) in [5.74, 6) is 2.05. The Balaban J connectivity index is 0.000000672. The molecule has 4 aliphatic carbocycles. The molecule has 0 radical (unpaired) electrons. The van der Waals surface area contributed by atoms with Gasteiger partial charge in [0.2, 0.25) is 5.91 Å². The summed E-state index contributed by atoms with van der Waals surface area (Å²) >= 11 is 0. The third-order valence-corrected chi connectivity index (χ3v) is 10.8. The number of ether oxygens (including phenoxy) is 2. The molecule has 1 aromatic carbocycles. The number of methoxy groups -OCH3 is 2. The number of aryl methyl sites for hydroxylation is 1. The lowest BCUT2D eigenvalue weighted by Gasteiger charge is -2.55. The van der Waals surface area contributed by atoms with E-state index in [9.17, 15) is 9.59 Å². The number of carbonyl (C=O) groups is 2. The lowest BCUT2D eigenvalue weighted by atomic mass is 9.51. The van der Waals surface area contributed by atoms with E-state index in [-0.39, 0.29) is 42.3 Å². The fourth-order valence-corrected chi connectivity index (χ4v) is 7.80. The normalized spacial score (nSPS) is 22.5. The van der Waals surface area contributed by atoms with Crippen LogP contribution in [-0.2, 0) is 14.9 Å². The number of anilines is 1. The number of pyridine rings is 1.